The normalized spacial score (nSPS) is 17.9. The van der Waals surface area contributed by atoms with Crippen LogP contribution in [-0.4, -0.2) is 52.4 Å². The van der Waals surface area contributed by atoms with Crippen molar-refractivity contribution in [2.24, 2.45) is 0 Å². The number of amides is 1. The number of imidazole rings is 1. The third-order valence-corrected chi connectivity index (χ3v) is 5.08. The Balaban J connectivity index is 1.77. The summed E-state index contributed by atoms with van der Waals surface area (Å²) in [4.78, 5) is 18.8. The summed E-state index contributed by atoms with van der Waals surface area (Å²) < 4.78 is 13.0. The van der Waals surface area contributed by atoms with Crippen LogP contribution in [0.5, 0.6) is 5.75 Å². The van der Waals surface area contributed by atoms with Crippen molar-refractivity contribution in [2.75, 3.05) is 20.2 Å². The van der Waals surface area contributed by atoms with Gasteiger partial charge in [0, 0.05) is 32.0 Å². The standard InChI is InChI=1S/C22H32N4O3/c1-22(2,3)29-21(27)26-13-5-6-19(26)20(17-7-9-18(28-4)10-8-17)24-12-15-25-14-11-23-16-25/h7-11,14,16,19-20,24H,5-6,12-13,15H2,1-4H3/t19-,20+/m1/s1. The second-order valence-corrected chi connectivity index (χ2v) is 8.39. The summed E-state index contributed by atoms with van der Waals surface area (Å²) in [6, 6.07) is 8.12. The number of ether oxygens (including phenoxy) is 2. The first-order chi connectivity index (χ1) is 13.9. The van der Waals surface area contributed by atoms with E-state index in [-0.39, 0.29) is 18.2 Å². The molecule has 3 rings (SSSR count). The van der Waals surface area contributed by atoms with Gasteiger partial charge in [-0.05, 0) is 51.3 Å². The topological polar surface area (TPSA) is 68.6 Å². The van der Waals surface area contributed by atoms with E-state index in [4.69, 9.17) is 9.47 Å². The van der Waals surface area contributed by atoms with E-state index in [2.05, 4.69) is 22.4 Å². The summed E-state index contributed by atoms with van der Waals surface area (Å²) >= 11 is 0. The number of aromatic nitrogens is 2. The van der Waals surface area contributed by atoms with Gasteiger partial charge in [-0.15, -0.1) is 0 Å². The van der Waals surface area contributed by atoms with E-state index < -0.39 is 5.60 Å². The molecule has 1 aliphatic heterocycles. The molecular formula is C22H32N4O3. The lowest BCUT2D eigenvalue weighted by Gasteiger charge is -2.34. The Kier molecular flexibility index (Phi) is 6.79. The Labute approximate surface area is 173 Å². The van der Waals surface area contributed by atoms with E-state index in [1.165, 1.54) is 0 Å². The number of hydrogen-bond acceptors (Lipinski definition) is 5. The zero-order valence-corrected chi connectivity index (χ0v) is 17.8. The molecule has 1 aromatic carbocycles. The zero-order chi connectivity index (χ0) is 20.9. The van der Waals surface area contributed by atoms with Crippen molar-refractivity contribution in [3.05, 3.63) is 48.5 Å². The number of carbonyl (C=O) groups excluding carboxylic acids is 1. The van der Waals surface area contributed by atoms with Crippen LogP contribution >= 0.6 is 0 Å². The maximum Gasteiger partial charge on any atom is 0.410 e. The van der Waals surface area contributed by atoms with Crippen LogP contribution in [0, 0.1) is 0 Å². The Morgan fingerprint density at radius 1 is 1.31 bits per heavy atom. The molecule has 0 unspecified atom stereocenters. The summed E-state index contributed by atoms with van der Waals surface area (Å²) in [7, 11) is 1.66. The van der Waals surface area contributed by atoms with E-state index in [9.17, 15) is 4.79 Å². The average Bonchev–Trinajstić information content (AvgIpc) is 3.36. The summed E-state index contributed by atoms with van der Waals surface area (Å²) in [5, 5.41) is 3.66. The van der Waals surface area contributed by atoms with Crippen LogP contribution in [0.3, 0.4) is 0 Å². The molecule has 29 heavy (non-hydrogen) atoms. The van der Waals surface area contributed by atoms with Crippen LogP contribution in [0.15, 0.2) is 43.0 Å². The molecule has 158 valence electrons. The number of rotatable bonds is 7. The predicted octanol–water partition coefficient (Wildman–Crippen LogP) is 3.62. The summed E-state index contributed by atoms with van der Waals surface area (Å²) in [6.07, 6.45) is 7.21. The predicted molar refractivity (Wildman–Crippen MR) is 112 cm³/mol. The lowest BCUT2D eigenvalue weighted by atomic mass is 9.97. The smallest absolute Gasteiger partial charge is 0.410 e. The molecule has 1 aromatic heterocycles. The second-order valence-electron chi connectivity index (χ2n) is 8.39. The van der Waals surface area contributed by atoms with Gasteiger partial charge in [-0.1, -0.05) is 12.1 Å². The molecule has 0 spiro atoms. The molecule has 1 saturated heterocycles. The molecule has 1 fully saturated rings. The van der Waals surface area contributed by atoms with Crippen LogP contribution in [0.1, 0.15) is 45.2 Å². The molecule has 7 nitrogen and oxygen atoms in total. The van der Waals surface area contributed by atoms with E-state index >= 15 is 0 Å². The number of hydrogen-bond donors (Lipinski definition) is 1. The van der Waals surface area contributed by atoms with Gasteiger partial charge in [0.05, 0.1) is 25.5 Å². The van der Waals surface area contributed by atoms with Crippen molar-refractivity contribution in [2.45, 2.75) is 57.8 Å². The van der Waals surface area contributed by atoms with E-state index in [0.717, 1.165) is 43.8 Å². The molecule has 7 heteroatoms. The highest BCUT2D eigenvalue weighted by Gasteiger charge is 2.37. The minimum atomic E-state index is -0.505. The molecule has 0 saturated carbocycles. The van der Waals surface area contributed by atoms with Crippen molar-refractivity contribution in [1.29, 1.82) is 0 Å². The van der Waals surface area contributed by atoms with Gasteiger partial charge in [-0.2, -0.15) is 0 Å². The molecule has 0 aliphatic carbocycles. The van der Waals surface area contributed by atoms with Crippen molar-refractivity contribution >= 4 is 6.09 Å². The number of nitrogens with one attached hydrogen (secondary N) is 1. The molecule has 2 atom stereocenters. The van der Waals surface area contributed by atoms with Crippen molar-refractivity contribution in [3.8, 4) is 5.75 Å². The third-order valence-electron chi connectivity index (χ3n) is 5.08. The van der Waals surface area contributed by atoms with Crippen LogP contribution in [0.2, 0.25) is 0 Å². The lowest BCUT2D eigenvalue weighted by Crippen LogP contribution is -2.46. The number of nitrogens with zero attached hydrogens (tertiary/aromatic N) is 3. The maximum atomic E-state index is 12.8. The van der Waals surface area contributed by atoms with Crippen molar-refractivity contribution in [1.82, 2.24) is 19.8 Å². The number of carbonyl (C=O) groups is 1. The van der Waals surface area contributed by atoms with Gasteiger partial charge in [0.1, 0.15) is 11.4 Å². The minimum Gasteiger partial charge on any atom is -0.497 e. The molecule has 1 aliphatic rings. The first-order valence-electron chi connectivity index (χ1n) is 10.2. The first-order valence-corrected chi connectivity index (χ1v) is 10.2. The van der Waals surface area contributed by atoms with Crippen LogP contribution < -0.4 is 10.1 Å². The number of benzene rings is 1. The van der Waals surface area contributed by atoms with Crippen LogP contribution in [0.4, 0.5) is 4.79 Å². The number of methoxy groups -OCH3 is 1. The van der Waals surface area contributed by atoms with Crippen LogP contribution in [-0.2, 0) is 11.3 Å². The quantitative estimate of drug-likeness (QED) is 0.769. The van der Waals surface area contributed by atoms with Crippen molar-refractivity contribution in [3.63, 3.8) is 0 Å². The molecule has 1 amide bonds. The molecule has 0 radical (unpaired) electrons. The Morgan fingerprint density at radius 2 is 2.07 bits per heavy atom. The molecule has 0 bridgehead atoms. The summed E-state index contributed by atoms with van der Waals surface area (Å²) in [5.74, 6) is 0.821. The van der Waals surface area contributed by atoms with Gasteiger partial charge in [-0.3, -0.25) is 0 Å². The molecule has 1 N–H and O–H groups in total. The van der Waals surface area contributed by atoms with E-state index in [1.54, 1.807) is 13.3 Å². The van der Waals surface area contributed by atoms with Gasteiger partial charge in [-0.25, -0.2) is 9.78 Å². The van der Waals surface area contributed by atoms with Gasteiger partial charge < -0.3 is 24.3 Å². The fourth-order valence-electron chi connectivity index (χ4n) is 3.74. The fraction of sp³-hybridized carbons (Fsp3) is 0.545. The van der Waals surface area contributed by atoms with Gasteiger partial charge in [0.2, 0.25) is 0 Å². The van der Waals surface area contributed by atoms with Gasteiger partial charge in [0.25, 0.3) is 0 Å². The summed E-state index contributed by atoms with van der Waals surface area (Å²) in [5.41, 5.74) is 0.631. The molecular weight excluding hydrogens is 368 g/mol. The highest BCUT2D eigenvalue weighted by Crippen LogP contribution is 2.31. The van der Waals surface area contributed by atoms with Gasteiger partial charge in [0.15, 0.2) is 0 Å². The zero-order valence-electron chi connectivity index (χ0n) is 17.8. The van der Waals surface area contributed by atoms with Gasteiger partial charge >= 0.3 is 6.09 Å². The van der Waals surface area contributed by atoms with Crippen LogP contribution in [0.25, 0.3) is 0 Å². The largest absolute Gasteiger partial charge is 0.497 e. The molecule has 2 heterocycles. The monoisotopic (exact) mass is 400 g/mol. The molecule has 2 aromatic rings. The average molecular weight is 401 g/mol. The van der Waals surface area contributed by atoms with E-state index in [0.29, 0.717) is 0 Å². The highest BCUT2D eigenvalue weighted by atomic mass is 16.6. The lowest BCUT2D eigenvalue weighted by molar-refractivity contribution is 0.0194. The second kappa shape index (κ2) is 9.31. The van der Waals surface area contributed by atoms with Crippen molar-refractivity contribution < 1.29 is 14.3 Å². The fourth-order valence-corrected chi connectivity index (χ4v) is 3.74. The van der Waals surface area contributed by atoms with E-state index in [1.807, 2.05) is 54.9 Å². The maximum absolute atomic E-state index is 12.8. The number of likely N-dealkylation sites (tertiary alicyclic amines) is 1. The Bertz CT molecular complexity index is 768. The Morgan fingerprint density at radius 3 is 2.69 bits per heavy atom. The Hall–Kier alpha value is -2.54. The first kappa shape index (κ1) is 21.2. The SMILES string of the molecule is COc1ccc([C@H](NCCn2ccnc2)[C@H]2CCCN2C(=O)OC(C)(C)C)cc1. The minimum absolute atomic E-state index is 0.0134. The summed E-state index contributed by atoms with van der Waals surface area (Å²) in [6.45, 7) is 8.01. The highest BCUT2D eigenvalue weighted by molar-refractivity contribution is 5.69. The third kappa shape index (κ3) is 5.73.